The standard InChI is InChI=1S/C10H20N4O2/c1-2-7-3-5-10(6-4-7,8(11)14-16)13-9(12)15/h7,16H,2-6H2,1H3,(H2,11,14)(H3,12,13,15). The van der Waals surface area contributed by atoms with Crippen LogP contribution in [0.2, 0.25) is 0 Å². The quantitative estimate of drug-likeness (QED) is 0.247. The first kappa shape index (κ1) is 12.6. The fraction of sp³-hybridized carbons (Fsp3) is 0.800. The van der Waals surface area contributed by atoms with Crippen LogP contribution in [0.3, 0.4) is 0 Å². The molecular formula is C10H20N4O2. The Morgan fingerprint density at radius 2 is 2.06 bits per heavy atom. The second-order valence-corrected chi connectivity index (χ2v) is 4.41. The summed E-state index contributed by atoms with van der Waals surface area (Å²) in [6.45, 7) is 2.14. The number of rotatable bonds is 3. The van der Waals surface area contributed by atoms with E-state index in [0.29, 0.717) is 18.8 Å². The molecule has 0 aromatic carbocycles. The lowest BCUT2D eigenvalue weighted by atomic mass is 9.75. The summed E-state index contributed by atoms with van der Waals surface area (Å²) in [5.74, 6) is 0.690. The van der Waals surface area contributed by atoms with Gasteiger partial charge in [-0.1, -0.05) is 18.5 Å². The molecule has 1 fully saturated rings. The minimum Gasteiger partial charge on any atom is -0.409 e. The highest BCUT2D eigenvalue weighted by molar-refractivity contribution is 5.93. The van der Waals surface area contributed by atoms with Gasteiger partial charge in [-0.2, -0.15) is 0 Å². The van der Waals surface area contributed by atoms with Crippen molar-refractivity contribution >= 4 is 11.9 Å². The Balaban J connectivity index is 2.78. The third-order valence-corrected chi connectivity index (χ3v) is 3.50. The van der Waals surface area contributed by atoms with Gasteiger partial charge in [0, 0.05) is 0 Å². The normalized spacial score (nSPS) is 31.1. The van der Waals surface area contributed by atoms with Crippen LogP contribution in [0.1, 0.15) is 39.0 Å². The van der Waals surface area contributed by atoms with Crippen LogP contribution in [0, 0.1) is 5.92 Å². The van der Waals surface area contributed by atoms with Crippen LogP contribution < -0.4 is 16.8 Å². The first-order valence-electron chi connectivity index (χ1n) is 5.59. The molecule has 1 saturated carbocycles. The highest BCUT2D eigenvalue weighted by atomic mass is 16.4. The zero-order chi connectivity index (χ0) is 12.2. The molecule has 0 aromatic rings. The summed E-state index contributed by atoms with van der Waals surface area (Å²) in [5, 5.41) is 14.4. The number of carbonyl (C=O) groups is 1. The van der Waals surface area contributed by atoms with E-state index >= 15 is 0 Å². The third-order valence-electron chi connectivity index (χ3n) is 3.50. The zero-order valence-electron chi connectivity index (χ0n) is 9.57. The molecule has 0 saturated heterocycles. The molecule has 0 radical (unpaired) electrons. The molecule has 0 spiro atoms. The molecule has 0 aliphatic heterocycles. The Morgan fingerprint density at radius 3 is 2.44 bits per heavy atom. The van der Waals surface area contributed by atoms with E-state index in [2.05, 4.69) is 17.4 Å². The van der Waals surface area contributed by atoms with Crippen LogP contribution in [0.25, 0.3) is 0 Å². The minimum atomic E-state index is -0.758. The Labute approximate surface area is 95.1 Å². The summed E-state index contributed by atoms with van der Waals surface area (Å²) in [5.41, 5.74) is 10.0. The molecule has 6 N–H and O–H groups in total. The molecule has 0 heterocycles. The predicted octanol–water partition coefficient (Wildman–Crippen LogP) is 0.740. The number of oxime groups is 1. The van der Waals surface area contributed by atoms with E-state index in [0.717, 1.165) is 19.3 Å². The molecule has 2 amide bonds. The molecule has 1 aliphatic rings. The first-order chi connectivity index (χ1) is 7.54. The number of hydrogen-bond acceptors (Lipinski definition) is 3. The van der Waals surface area contributed by atoms with Crippen LogP contribution in [0.5, 0.6) is 0 Å². The lowest BCUT2D eigenvalue weighted by molar-refractivity contribution is 0.214. The summed E-state index contributed by atoms with van der Waals surface area (Å²) in [4.78, 5) is 11.0. The summed E-state index contributed by atoms with van der Waals surface area (Å²) in [6, 6.07) is -0.637. The summed E-state index contributed by atoms with van der Waals surface area (Å²) in [6.07, 6.45) is 4.36. The van der Waals surface area contributed by atoms with E-state index in [-0.39, 0.29) is 5.84 Å². The second kappa shape index (κ2) is 5.05. The molecule has 0 bridgehead atoms. The Hall–Kier alpha value is -1.46. The highest BCUT2D eigenvalue weighted by Gasteiger charge is 2.39. The van der Waals surface area contributed by atoms with Crippen molar-refractivity contribution in [3.05, 3.63) is 0 Å². The van der Waals surface area contributed by atoms with E-state index in [9.17, 15) is 4.79 Å². The van der Waals surface area contributed by atoms with Crippen LogP contribution >= 0.6 is 0 Å². The molecule has 1 aliphatic carbocycles. The maximum atomic E-state index is 11.0. The van der Waals surface area contributed by atoms with Gasteiger partial charge in [0.25, 0.3) is 0 Å². The van der Waals surface area contributed by atoms with Gasteiger partial charge in [0.05, 0.1) is 0 Å². The van der Waals surface area contributed by atoms with Crippen molar-refractivity contribution in [2.24, 2.45) is 22.5 Å². The third kappa shape index (κ3) is 2.56. The molecule has 0 aromatic heterocycles. The lowest BCUT2D eigenvalue weighted by Gasteiger charge is -2.39. The molecule has 6 heteroatoms. The fourth-order valence-electron chi connectivity index (χ4n) is 2.36. The maximum Gasteiger partial charge on any atom is 0.312 e. The SMILES string of the molecule is CCC1CCC(NC(N)=O)(/C(N)=N/O)CC1. The van der Waals surface area contributed by atoms with Crippen LogP contribution in [0.15, 0.2) is 5.16 Å². The summed E-state index contributed by atoms with van der Waals surface area (Å²) in [7, 11) is 0. The smallest absolute Gasteiger partial charge is 0.312 e. The second-order valence-electron chi connectivity index (χ2n) is 4.41. The van der Waals surface area contributed by atoms with Gasteiger partial charge in [0.15, 0.2) is 5.84 Å². The van der Waals surface area contributed by atoms with Crippen molar-refractivity contribution < 1.29 is 10.0 Å². The largest absolute Gasteiger partial charge is 0.409 e. The number of amidine groups is 1. The topological polar surface area (TPSA) is 114 Å². The van der Waals surface area contributed by atoms with Gasteiger partial charge in [-0.25, -0.2) is 4.79 Å². The summed E-state index contributed by atoms with van der Waals surface area (Å²) >= 11 is 0. The van der Waals surface area contributed by atoms with Crippen molar-refractivity contribution in [2.75, 3.05) is 0 Å². The van der Waals surface area contributed by atoms with E-state index in [1.165, 1.54) is 0 Å². The monoisotopic (exact) mass is 228 g/mol. The number of primary amides is 1. The van der Waals surface area contributed by atoms with E-state index < -0.39 is 11.6 Å². The lowest BCUT2D eigenvalue weighted by Crippen LogP contribution is -2.60. The Morgan fingerprint density at radius 1 is 1.50 bits per heavy atom. The van der Waals surface area contributed by atoms with Crippen LogP contribution in [-0.2, 0) is 0 Å². The van der Waals surface area contributed by atoms with Gasteiger partial charge >= 0.3 is 6.03 Å². The molecule has 0 atom stereocenters. The van der Waals surface area contributed by atoms with Crippen molar-refractivity contribution in [3.63, 3.8) is 0 Å². The van der Waals surface area contributed by atoms with Crippen molar-refractivity contribution in [2.45, 2.75) is 44.6 Å². The molecule has 1 rings (SSSR count). The van der Waals surface area contributed by atoms with E-state index in [1.54, 1.807) is 0 Å². The molecule has 0 unspecified atom stereocenters. The van der Waals surface area contributed by atoms with E-state index in [1.807, 2.05) is 0 Å². The Kier molecular flexibility index (Phi) is 3.98. The summed E-state index contributed by atoms with van der Waals surface area (Å²) < 4.78 is 0. The number of urea groups is 1. The van der Waals surface area contributed by atoms with E-state index in [4.69, 9.17) is 16.7 Å². The van der Waals surface area contributed by atoms with Crippen molar-refractivity contribution in [3.8, 4) is 0 Å². The number of amides is 2. The average Bonchev–Trinajstić information content (AvgIpc) is 2.28. The maximum absolute atomic E-state index is 11.0. The number of nitrogens with one attached hydrogen (secondary N) is 1. The number of nitrogens with two attached hydrogens (primary N) is 2. The van der Waals surface area contributed by atoms with Crippen molar-refractivity contribution in [1.29, 1.82) is 0 Å². The zero-order valence-corrected chi connectivity index (χ0v) is 9.57. The number of nitrogens with zero attached hydrogens (tertiary/aromatic N) is 1. The highest BCUT2D eigenvalue weighted by Crippen LogP contribution is 2.33. The van der Waals surface area contributed by atoms with Gasteiger partial charge in [-0.15, -0.1) is 0 Å². The first-order valence-corrected chi connectivity index (χ1v) is 5.59. The minimum absolute atomic E-state index is 0.0425. The number of hydrogen-bond donors (Lipinski definition) is 4. The van der Waals surface area contributed by atoms with Crippen LogP contribution in [-0.4, -0.2) is 22.6 Å². The predicted molar refractivity (Wildman–Crippen MR) is 61.1 cm³/mol. The van der Waals surface area contributed by atoms with Gasteiger partial charge in [0.1, 0.15) is 5.54 Å². The van der Waals surface area contributed by atoms with Crippen molar-refractivity contribution in [1.82, 2.24) is 5.32 Å². The van der Waals surface area contributed by atoms with Gasteiger partial charge in [0.2, 0.25) is 0 Å². The molecule has 16 heavy (non-hydrogen) atoms. The number of carbonyl (C=O) groups excluding carboxylic acids is 1. The van der Waals surface area contributed by atoms with Gasteiger partial charge in [-0.3, -0.25) is 0 Å². The molecule has 92 valence electrons. The van der Waals surface area contributed by atoms with Crippen LogP contribution in [0.4, 0.5) is 4.79 Å². The molecule has 6 nitrogen and oxygen atoms in total. The fourth-order valence-corrected chi connectivity index (χ4v) is 2.36. The molecular weight excluding hydrogens is 208 g/mol. The average molecular weight is 228 g/mol. The van der Waals surface area contributed by atoms with Gasteiger partial charge < -0.3 is 22.0 Å². The Bertz CT molecular complexity index is 283. The van der Waals surface area contributed by atoms with Gasteiger partial charge in [-0.05, 0) is 31.6 Å².